The summed E-state index contributed by atoms with van der Waals surface area (Å²) in [6.07, 6.45) is 1.85. The van der Waals surface area contributed by atoms with Gasteiger partial charge in [-0.3, -0.25) is 0 Å². The lowest BCUT2D eigenvalue weighted by atomic mass is 10.0. The Morgan fingerprint density at radius 1 is 1.50 bits per heavy atom. The van der Waals surface area contributed by atoms with Crippen LogP contribution in [0, 0.1) is 0 Å². The van der Waals surface area contributed by atoms with Crippen molar-refractivity contribution in [3.63, 3.8) is 0 Å². The molecule has 1 heterocycles. The summed E-state index contributed by atoms with van der Waals surface area (Å²) < 4.78 is 0. The van der Waals surface area contributed by atoms with Gasteiger partial charge in [-0.05, 0) is 27.9 Å². The summed E-state index contributed by atoms with van der Waals surface area (Å²) in [6.45, 7) is 6.29. The highest BCUT2D eigenvalue weighted by Crippen LogP contribution is 2.09. The molecule has 0 aliphatic heterocycles. The Bertz CT molecular complexity index is 254. The lowest BCUT2D eigenvalue weighted by Crippen LogP contribution is -2.46. The van der Waals surface area contributed by atoms with Gasteiger partial charge >= 0.3 is 0 Å². The second-order valence-electron chi connectivity index (χ2n) is 4.24. The topological polar surface area (TPSA) is 28.2 Å². The number of aromatic nitrogens is 1. The maximum absolute atomic E-state index is 4.22. The molecule has 1 aromatic rings. The molecule has 0 radical (unpaired) electrons. The number of nitrogens with zero attached hydrogens (tertiary/aromatic N) is 2. The minimum Gasteiger partial charge on any atom is -0.309 e. The summed E-state index contributed by atoms with van der Waals surface area (Å²) >= 11 is 1.69. The fourth-order valence-electron chi connectivity index (χ4n) is 0.974. The zero-order valence-electron chi connectivity index (χ0n) is 9.37. The predicted molar refractivity (Wildman–Crippen MR) is 61.6 cm³/mol. The van der Waals surface area contributed by atoms with Crippen molar-refractivity contribution in [3.05, 3.63) is 16.6 Å². The van der Waals surface area contributed by atoms with E-state index < -0.39 is 0 Å². The van der Waals surface area contributed by atoms with Gasteiger partial charge in [0.15, 0.2) is 0 Å². The molecule has 0 aliphatic rings. The van der Waals surface area contributed by atoms with E-state index in [-0.39, 0.29) is 5.54 Å². The normalized spacial score (nSPS) is 12.4. The Morgan fingerprint density at radius 3 is 2.71 bits per heavy atom. The van der Waals surface area contributed by atoms with Gasteiger partial charge in [0.1, 0.15) is 5.01 Å². The molecule has 0 aromatic carbocycles. The predicted octanol–water partition coefficient (Wildman–Crippen LogP) is 1.57. The van der Waals surface area contributed by atoms with E-state index in [1.165, 1.54) is 0 Å². The molecule has 4 heteroatoms. The van der Waals surface area contributed by atoms with E-state index in [0.717, 1.165) is 18.1 Å². The summed E-state index contributed by atoms with van der Waals surface area (Å²) in [5.74, 6) is 0. The zero-order chi connectivity index (χ0) is 10.6. The second kappa shape index (κ2) is 4.87. The van der Waals surface area contributed by atoms with Crippen molar-refractivity contribution < 1.29 is 0 Å². The standard InChI is InChI=1S/C10H19N3S/c1-10(2,13(3)4)8-11-7-9-12-5-6-14-9/h5-6,11H,7-8H2,1-4H3. The van der Waals surface area contributed by atoms with Crippen molar-refractivity contribution in [1.29, 1.82) is 0 Å². The van der Waals surface area contributed by atoms with E-state index >= 15 is 0 Å². The summed E-state index contributed by atoms with van der Waals surface area (Å²) in [5, 5.41) is 6.58. The zero-order valence-corrected chi connectivity index (χ0v) is 10.2. The highest BCUT2D eigenvalue weighted by Gasteiger charge is 2.19. The summed E-state index contributed by atoms with van der Waals surface area (Å²) in [7, 11) is 4.20. The highest BCUT2D eigenvalue weighted by molar-refractivity contribution is 7.09. The molecule has 1 N–H and O–H groups in total. The van der Waals surface area contributed by atoms with Crippen LogP contribution in [0.1, 0.15) is 18.9 Å². The number of hydrogen-bond acceptors (Lipinski definition) is 4. The van der Waals surface area contributed by atoms with Gasteiger partial charge in [-0.25, -0.2) is 4.98 Å². The molecule has 0 fully saturated rings. The van der Waals surface area contributed by atoms with Gasteiger partial charge in [0.2, 0.25) is 0 Å². The number of hydrogen-bond donors (Lipinski definition) is 1. The first-order valence-corrected chi connectivity index (χ1v) is 5.67. The number of thiazole rings is 1. The van der Waals surface area contributed by atoms with E-state index in [2.05, 4.69) is 43.1 Å². The van der Waals surface area contributed by atoms with E-state index in [9.17, 15) is 0 Å². The molecule has 0 saturated heterocycles. The quantitative estimate of drug-likeness (QED) is 0.805. The van der Waals surface area contributed by atoms with Crippen molar-refractivity contribution in [2.45, 2.75) is 25.9 Å². The molecule has 3 nitrogen and oxygen atoms in total. The smallest absolute Gasteiger partial charge is 0.106 e. The SMILES string of the molecule is CN(C)C(C)(C)CNCc1nccs1. The molecule has 1 rings (SSSR count). The van der Waals surface area contributed by atoms with E-state index in [1.54, 1.807) is 11.3 Å². The minimum atomic E-state index is 0.192. The lowest BCUT2D eigenvalue weighted by Gasteiger charge is -2.32. The van der Waals surface area contributed by atoms with E-state index in [0.29, 0.717) is 0 Å². The Morgan fingerprint density at radius 2 is 2.21 bits per heavy atom. The summed E-state index contributed by atoms with van der Waals surface area (Å²) in [5.41, 5.74) is 0.192. The first-order valence-electron chi connectivity index (χ1n) is 4.79. The summed E-state index contributed by atoms with van der Waals surface area (Å²) in [6, 6.07) is 0. The highest BCUT2D eigenvalue weighted by atomic mass is 32.1. The van der Waals surface area contributed by atoms with Gasteiger partial charge in [0.05, 0.1) is 0 Å². The van der Waals surface area contributed by atoms with Crippen LogP contribution in [0.25, 0.3) is 0 Å². The van der Waals surface area contributed by atoms with Crippen molar-refractivity contribution in [1.82, 2.24) is 15.2 Å². The monoisotopic (exact) mass is 213 g/mol. The van der Waals surface area contributed by atoms with Crippen LogP contribution in [0.3, 0.4) is 0 Å². The van der Waals surface area contributed by atoms with Gasteiger partial charge in [-0.15, -0.1) is 11.3 Å². The Hall–Kier alpha value is -0.450. The van der Waals surface area contributed by atoms with Crippen LogP contribution in [0.4, 0.5) is 0 Å². The molecule has 0 bridgehead atoms. The second-order valence-corrected chi connectivity index (χ2v) is 5.22. The van der Waals surface area contributed by atoms with E-state index in [4.69, 9.17) is 0 Å². The number of nitrogens with one attached hydrogen (secondary N) is 1. The average Bonchev–Trinajstić information content (AvgIpc) is 2.56. The van der Waals surface area contributed by atoms with Crippen LogP contribution >= 0.6 is 11.3 Å². The van der Waals surface area contributed by atoms with E-state index in [1.807, 2.05) is 11.6 Å². The van der Waals surface area contributed by atoms with Gasteiger partial charge in [-0.2, -0.15) is 0 Å². The number of rotatable bonds is 5. The van der Waals surface area contributed by atoms with Crippen LogP contribution < -0.4 is 5.32 Å². The largest absolute Gasteiger partial charge is 0.309 e. The fraction of sp³-hybridized carbons (Fsp3) is 0.700. The van der Waals surface area contributed by atoms with Crippen LogP contribution in [-0.2, 0) is 6.54 Å². The van der Waals surface area contributed by atoms with Crippen molar-refractivity contribution >= 4 is 11.3 Å². The van der Waals surface area contributed by atoms with Gasteiger partial charge in [0.25, 0.3) is 0 Å². The van der Waals surface area contributed by atoms with Gasteiger partial charge < -0.3 is 10.2 Å². The Balaban J connectivity index is 2.28. The van der Waals surface area contributed by atoms with Crippen LogP contribution in [0.2, 0.25) is 0 Å². The molecular weight excluding hydrogens is 194 g/mol. The Labute approximate surface area is 90.2 Å². The average molecular weight is 213 g/mol. The molecule has 1 aromatic heterocycles. The van der Waals surface area contributed by atoms with Crippen LogP contribution in [0.5, 0.6) is 0 Å². The molecule has 0 spiro atoms. The lowest BCUT2D eigenvalue weighted by molar-refractivity contribution is 0.190. The van der Waals surface area contributed by atoms with Crippen molar-refractivity contribution in [3.8, 4) is 0 Å². The molecule has 0 aliphatic carbocycles. The first-order chi connectivity index (χ1) is 6.52. The maximum atomic E-state index is 4.22. The van der Waals surface area contributed by atoms with Gasteiger partial charge in [0, 0.05) is 30.2 Å². The van der Waals surface area contributed by atoms with Crippen molar-refractivity contribution in [2.75, 3.05) is 20.6 Å². The van der Waals surface area contributed by atoms with Crippen LogP contribution in [-0.4, -0.2) is 36.1 Å². The fourth-order valence-corrected chi connectivity index (χ4v) is 1.56. The molecular formula is C10H19N3S. The van der Waals surface area contributed by atoms with Crippen molar-refractivity contribution in [2.24, 2.45) is 0 Å². The molecule has 0 saturated carbocycles. The summed E-state index contributed by atoms with van der Waals surface area (Å²) in [4.78, 5) is 6.45. The minimum absolute atomic E-state index is 0.192. The molecule has 80 valence electrons. The molecule has 0 amide bonds. The third kappa shape index (κ3) is 3.36. The third-order valence-electron chi connectivity index (χ3n) is 2.53. The first kappa shape index (κ1) is 11.6. The molecule has 0 unspecified atom stereocenters. The number of likely N-dealkylation sites (N-methyl/N-ethyl adjacent to an activating group) is 1. The van der Waals surface area contributed by atoms with Crippen LogP contribution in [0.15, 0.2) is 11.6 Å². The Kier molecular flexibility index (Phi) is 4.04. The molecule has 0 atom stereocenters. The maximum Gasteiger partial charge on any atom is 0.106 e. The van der Waals surface area contributed by atoms with Gasteiger partial charge in [-0.1, -0.05) is 0 Å². The third-order valence-corrected chi connectivity index (χ3v) is 3.31. The molecule has 14 heavy (non-hydrogen) atoms.